The minimum Gasteiger partial charge on any atom is -0.393 e. The monoisotopic (exact) mass is 237 g/mol. The number of primary amides is 1. The molecule has 2 aromatic heterocycles. The van der Waals surface area contributed by atoms with E-state index >= 15 is 0 Å². The van der Waals surface area contributed by atoms with Crippen molar-refractivity contribution in [3.8, 4) is 0 Å². The van der Waals surface area contributed by atoms with Crippen LogP contribution >= 0.6 is 11.3 Å². The highest BCUT2D eigenvalue weighted by Crippen LogP contribution is 2.22. The second-order valence-corrected chi connectivity index (χ2v) is 4.46. The number of aliphatic hydroxyl groups excluding tert-OH is 1. The number of nitrogens with two attached hydrogens (primary N) is 1. The van der Waals surface area contributed by atoms with Crippen LogP contribution < -0.4 is 5.73 Å². The second-order valence-electron chi connectivity index (χ2n) is 3.54. The number of amides is 1. The average molecular weight is 237 g/mol. The van der Waals surface area contributed by atoms with Crippen molar-refractivity contribution in [2.75, 3.05) is 0 Å². The molecule has 0 aromatic carbocycles. The zero-order valence-corrected chi connectivity index (χ0v) is 9.49. The van der Waals surface area contributed by atoms with Crippen molar-refractivity contribution in [1.82, 2.24) is 9.97 Å². The minimum atomic E-state index is -0.568. The van der Waals surface area contributed by atoms with Gasteiger partial charge in [0, 0.05) is 6.42 Å². The predicted octanol–water partition coefficient (Wildman–Crippen LogP) is 0.714. The standard InChI is InChI=1S/C10H11N3O2S/c1-5(14)4-7-12-6-2-3-16-9(6)8(13-7)10(11)15/h2-3,5,14H,4H2,1H3,(H2,11,15)/t5-/m1/s1. The molecule has 0 unspecified atom stereocenters. The molecule has 0 fully saturated rings. The molecule has 0 saturated heterocycles. The Balaban J connectivity index is 2.57. The molecular weight excluding hydrogens is 226 g/mol. The fraction of sp³-hybridized carbons (Fsp3) is 0.300. The Morgan fingerprint density at radius 3 is 3.00 bits per heavy atom. The van der Waals surface area contributed by atoms with Gasteiger partial charge in [0.25, 0.3) is 5.91 Å². The molecule has 1 amide bonds. The molecule has 0 bridgehead atoms. The number of carbonyl (C=O) groups excluding carboxylic acids is 1. The first-order valence-electron chi connectivity index (χ1n) is 4.80. The molecule has 0 radical (unpaired) electrons. The maximum Gasteiger partial charge on any atom is 0.268 e. The van der Waals surface area contributed by atoms with E-state index in [1.54, 1.807) is 13.0 Å². The van der Waals surface area contributed by atoms with E-state index in [1.807, 2.05) is 5.38 Å². The van der Waals surface area contributed by atoms with Crippen molar-refractivity contribution in [3.05, 3.63) is 23.0 Å². The number of aromatic nitrogens is 2. The summed E-state index contributed by atoms with van der Waals surface area (Å²) in [4.78, 5) is 19.6. The van der Waals surface area contributed by atoms with Crippen molar-refractivity contribution < 1.29 is 9.90 Å². The third-order valence-electron chi connectivity index (χ3n) is 2.06. The van der Waals surface area contributed by atoms with Crippen LogP contribution in [0.5, 0.6) is 0 Å². The van der Waals surface area contributed by atoms with Gasteiger partial charge >= 0.3 is 0 Å². The molecule has 16 heavy (non-hydrogen) atoms. The van der Waals surface area contributed by atoms with Crippen molar-refractivity contribution in [1.29, 1.82) is 0 Å². The molecule has 6 heteroatoms. The highest BCUT2D eigenvalue weighted by Gasteiger charge is 2.14. The van der Waals surface area contributed by atoms with Gasteiger partial charge in [-0.15, -0.1) is 11.3 Å². The summed E-state index contributed by atoms with van der Waals surface area (Å²) in [5.41, 5.74) is 6.18. The van der Waals surface area contributed by atoms with E-state index in [9.17, 15) is 9.90 Å². The molecule has 0 aliphatic rings. The normalized spacial score (nSPS) is 12.9. The molecule has 0 saturated carbocycles. The zero-order valence-electron chi connectivity index (χ0n) is 8.67. The van der Waals surface area contributed by atoms with Crippen LogP contribution in [-0.2, 0) is 6.42 Å². The van der Waals surface area contributed by atoms with Crippen LogP contribution in [0.4, 0.5) is 0 Å². The summed E-state index contributed by atoms with van der Waals surface area (Å²) in [6, 6.07) is 1.81. The third kappa shape index (κ3) is 2.02. The maximum absolute atomic E-state index is 11.2. The molecule has 84 valence electrons. The van der Waals surface area contributed by atoms with Gasteiger partial charge in [0.15, 0.2) is 0 Å². The molecule has 2 aromatic rings. The molecule has 5 nitrogen and oxygen atoms in total. The highest BCUT2D eigenvalue weighted by molar-refractivity contribution is 7.17. The average Bonchev–Trinajstić information content (AvgIpc) is 2.62. The van der Waals surface area contributed by atoms with Gasteiger partial charge in [0.2, 0.25) is 0 Å². The van der Waals surface area contributed by atoms with Crippen molar-refractivity contribution in [2.45, 2.75) is 19.4 Å². The van der Waals surface area contributed by atoms with Gasteiger partial charge in [-0.25, -0.2) is 9.97 Å². The van der Waals surface area contributed by atoms with Crippen LogP contribution in [0, 0.1) is 0 Å². The van der Waals surface area contributed by atoms with Gasteiger partial charge in [-0.3, -0.25) is 4.79 Å². The van der Waals surface area contributed by atoms with Gasteiger partial charge in [-0.1, -0.05) is 0 Å². The van der Waals surface area contributed by atoms with E-state index in [4.69, 9.17) is 5.73 Å². The number of hydrogen-bond donors (Lipinski definition) is 2. The summed E-state index contributed by atoms with van der Waals surface area (Å²) in [5.74, 6) is -0.128. The minimum absolute atomic E-state index is 0.232. The summed E-state index contributed by atoms with van der Waals surface area (Å²) < 4.78 is 0.696. The van der Waals surface area contributed by atoms with E-state index in [0.29, 0.717) is 22.5 Å². The second kappa shape index (κ2) is 4.15. The largest absolute Gasteiger partial charge is 0.393 e. The Morgan fingerprint density at radius 2 is 2.38 bits per heavy atom. The number of nitrogens with zero attached hydrogens (tertiary/aromatic N) is 2. The SMILES string of the molecule is C[C@@H](O)Cc1nc(C(N)=O)c2sccc2n1. The van der Waals surface area contributed by atoms with Gasteiger partial charge in [0.05, 0.1) is 16.3 Å². The Labute approximate surface area is 95.9 Å². The molecule has 1 atom stereocenters. The lowest BCUT2D eigenvalue weighted by Crippen LogP contribution is -2.16. The Morgan fingerprint density at radius 1 is 1.62 bits per heavy atom. The smallest absolute Gasteiger partial charge is 0.268 e. The van der Waals surface area contributed by atoms with Gasteiger partial charge < -0.3 is 10.8 Å². The van der Waals surface area contributed by atoms with E-state index < -0.39 is 12.0 Å². The zero-order chi connectivity index (χ0) is 11.7. The topological polar surface area (TPSA) is 89.1 Å². The highest BCUT2D eigenvalue weighted by atomic mass is 32.1. The maximum atomic E-state index is 11.2. The molecule has 2 rings (SSSR count). The molecular formula is C10H11N3O2S. The van der Waals surface area contributed by atoms with Gasteiger partial charge in [0.1, 0.15) is 11.5 Å². The number of rotatable bonds is 3. The summed E-state index contributed by atoms with van der Waals surface area (Å²) in [6.45, 7) is 1.64. The van der Waals surface area contributed by atoms with E-state index in [0.717, 1.165) is 0 Å². The van der Waals surface area contributed by atoms with Gasteiger partial charge in [-0.2, -0.15) is 0 Å². The Bertz CT molecular complexity index is 536. The molecule has 2 heterocycles. The molecule has 0 spiro atoms. The lowest BCUT2D eigenvalue weighted by atomic mass is 10.2. The lowest BCUT2D eigenvalue weighted by Gasteiger charge is -2.04. The lowest BCUT2D eigenvalue weighted by molar-refractivity contribution is 0.0996. The summed E-state index contributed by atoms with van der Waals surface area (Å²) in [7, 11) is 0. The van der Waals surface area contributed by atoms with Gasteiger partial charge in [-0.05, 0) is 18.4 Å². The van der Waals surface area contributed by atoms with Crippen LogP contribution in [-0.4, -0.2) is 27.1 Å². The molecule has 3 N–H and O–H groups in total. The predicted molar refractivity (Wildman–Crippen MR) is 61.3 cm³/mol. The van der Waals surface area contributed by atoms with E-state index in [-0.39, 0.29) is 5.69 Å². The number of fused-ring (bicyclic) bond motifs is 1. The van der Waals surface area contributed by atoms with E-state index in [1.165, 1.54) is 11.3 Å². The fourth-order valence-corrected chi connectivity index (χ4v) is 2.26. The first kappa shape index (κ1) is 11.0. The van der Waals surface area contributed by atoms with Crippen molar-refractivity contribution in [3.63, 3.8) is 0 Å². The first-order valence-corrected chi connectivity index (χ1v) is 5.68. The number of hydrogen-bond acceptors (Lipinski definition) is 5. The van der Waals surface area contributed by atoms with Crippen LogP contribution in [0.15, 0.2) is 11.4 Å². The first-order chi connectivity index (χ1) is 7.58. The van der Waals surface area contributed by atoms with Crippen molar-refractivity contribution in [2.24, 2.45) is 5.73 Å². The third-order valence-corrected chi connectivity index (χ3v) is 2.97. The Hall–Kier alpha value is -1.53. The van der Waals surface area contributed by atoms with E-state index in [2.05, 4.69) is 9.97 Å². The summed E-state index contributed by atoms with van der Waals surface area (Å²) >= 11 is 1.38. The molecule has 0 aliphatic carbocycles. The van der Waals surface area contributed by atoms with Crippen molar-refractivity contribution >= 4 is 27.5 Å². The number of aliphatic hydroxyl groups is 1. The fourth-order valence-electron chi connectivity index (χ4n) is 1.43. The van der Waals surface area contributed by atoms with Crippen LogP contribution in [0.25, 0.3) is 10.2 Å². The number of thiophene rings is 1. The number of carbonyl (C=O) groups is 1. The Kier molecular flexibility index (Phi) is 2.84. The van der Waals surface area contributed by atoms with Crippen LogP contribution in [0.2, 0.25) is 0 Å². The molecule has 0 aliphatic heterocycles. The van der Waals surface area contributed by atoms with Crippen LogP contribution in [0.3, 0.4) is 0 Å². The summed E-state index contributed by atoms with van der Waals surface area (Å²) in [6.07, 6.45) is -0.233. The van der Waals surface area contributed by atoms with Crippen LogP contribution in [0.1, 0.15) is 23.2 Å². The summed E-state index contributed by atoms with van der Waals surface area (Å²) in [5, 5.41) is 11.1. The quantitative estimate of drug-likeness (QED) is 0.822.